The van der Waals surface area contributed by atoms with Crippen LogP contribution in [-0.2, 0) is 16.1 Å². The first-order chi connectivity index (χ1) is 13.1. The Bertz CT molecular complexity index is 673. The molecule has 1 heterocycles. The predicted octanol–water partition coefficient (Wildman–Crippen LogP) is 2.40. The van der Waals surface area contributed by atoms with Crippen molar-refractivity contribution in [3.63, 3.8) is 0 Å². The Morgan fingerprint density at radius 1 is 1.21 bits per heavy atom. The molecular formula is C20H31IN4O3. The van der Waals surface area contributed by atoms with Crippen LogP contribution in [0, 0.1) is 5.92 Å². The Labute approximate surface area is 184 Å². The second kappa shape index (κ2) is 12.6. The normalized spacial score (nSPS) is 14.8. The number of ether oxygens (including phenoxy) is 1. The number of hydrogen-bond donors (Lipinski definition) is 2. The van der Waals surface area contributed by atoms with Crippen molar-refractivity contribution in [1.29, 1.82) is 0 Å². The van der Waals surface area contributed by atoms with Gasteiger partial charge in [0.05, 0.1) is 12.5 Å². The minimum atomic E-state index is -0.0951. The Balaban J connectivity index is 0.00000392. The van der Waals surface area contributed by atoms with E-state index >= 15 is 0 Å². The molecule has 0 radical (unpaired) electrons. The van der Waals surface area contributed by atoms with Crippen molar-refractivity contribution in [1.82, 2.24) is 15.5 Å². The molecule has 8 heteroatoms. The predicted molar refractivity (Wildman–Crippen MR) is 121 cm³/mol. The van der Waals surface area contributed by atoms with Gasteiger partial charge in [-0.25, -0.2) is 0 Å². The number of guanidine groups is 1. The minimum Gasteiger partial charge on any atom is -0.466 e. The lowest BCUT2D eigenvalue weighted by atomic mass is 9.97. The molecule has 156 valence electrons. The highest BCUT2D eigenvalue weighted by Gasteiger charge is 2.27. The van der Waals surface area contributed by atoms with Crippen LogP contribution in [0.4, 0.5) is 0 Å². The van der Waals surface area contributed by atoms with Gasteiger partial charge in [0.15, 0.2) is 5.96 Å². The summed E-state index contributed by atoms with van der Waals surface area (Å²) in [5, 5.41) is 6.16. The maximum Gasteiger partial charge on any atom is 0.309 e. The van der Waals surface area contributed by atoms with Crippen molar-refractivity contribution in [2.24, 2.45) is 10.9 Å². The van der Waals surface area contributed by atoms with Crippen LogP contribution in [0.1, 0.15) is 42.6 Å². The van der Waals surface area contributed by atoms with Crippen LogP contribution in [0.5, 0.6) is 0 Å². The van der Waals surface area contributed by atoms with Crippen LogP contribution in [0.2, 0.25) is 0 Å². The van der Waals surface area contributed by atoms with E-state index < -0.39 is 0 Å². The van der Waals surface area contributed by atoms with Crippen molar-refractivity contribution < 1.29 is 14.3 Å². The third-order valence-corrected chi connectivity index (χ3v) is 4.60. The minimum absolute atomic E-state index is 0. The first kappa shape index (κ1) is 24.2. The lowest BCUT2D eigenvalue weighted by molar-refractivity contribution is -0.149. The summed E-state index contributed by atoms with van der Waals surface area (Å²) in [6.07, 6.45) is 1.54. The van der Waals surface area contributed by atoms with Gasteiger partial charge in [-0.3, -0.25) is 14.6 Å². The fraction of sp³-hybridized carbons (Fsp3) is 0.550. The van der Waals surface area contributed by atoms with E-state index in [0.717, 1.165) is 37.5 Å². The monoisotopic (exact) mass is 502 g/mol. The van der Waals surface area contributed by atoms with Gasteiger partial charge in [-0.2, -0.15) is 0 Å². The molecule has 0 unspecified atom stereocenters. The van der Waals surface area contributed by atoms with Crippen LogP contribution in [0.25, 0.3) is 0 Å². The number of rotatable bonds is 6. The summed E-state index contributed by atoms with van der Waals surface area (Å²) in [5.41, 5.74) is 1.67. The van der Waals surface area contributed by atoms with Gasteiger partial charge in [0, 0.05) is 38.8 Å². The fourth-order valence-electron chi connectivity index (χ4n) is 3.19. The van der Waals surface area contributed by atoms with E-state index in [9.17, 15) is 9.59 Å². The van der Waals surface area contributed by atoms with E-state index in [2.05, 4.69) is 20.5 Å². The van der Waals surface area contributed by atoms with E-state index in [1.54, 1.807) is 7.05 Å². The molecule has 0 saturated carbocycles. The van der Waals surface area contributed by atoms with E-state index in [-0.39, 0.29) is 41.8 Å². The standard InChI is InChI=1S/C20H30N4O3.HI/c1-4-22-18(25)17-8-6-7-15(13-17)14-23-20(21-3)24-11-9-16(10-12-24)19(26)27-5-2;/h6-8,13,16H,4-5,9-12,14H2,1-3H3,(H,21,23)(H,22,25);1H. The average Bonchev–Trinajstić information content (AvgIpc) is 2.69. The number of esters is 1. The highest BCUT2D eigenvalue weighted by atomic mass is 127. The SMILES string of the molecule is CCNC(=O)c1cccc(CNC(=NC)N2CCC(C(=O)OCC)CC2)c1.I. The van der Waals surface area contributed by atoms with Gasteiger partial charge in [0.1, 0.15) is 0 Å². The van der Waals surface area contributed by atoms with Gasteiger partial charge < -0.3 is 20.3 Å². The lowest BCUT2D eigenvalue weighted by Gasteiger charge is -2.33. The van der Waals surface area contributed by atoms with Crippen molar-refractivity contribution in [3.05, 3.63) is 35.4 Å². The number of hydrogen-bond acceptors (Lipinski definition) is 4. The van der Waals surface area contributed by atoms with Crippen LogP contribution in [0.3, 0.4) is 0 Å². The maximum atomic E-state index is 12.0. The zero-order valence-corrected chi connectivity index (χ0v) is 19.2. The molecule has 1 aliphatic heterocycles. The zero-order valence-electron chi connectivity index (χ0n) is 16.9. The molecule has 2 N–H and O–H groups in total. The molecule has 0 bridgehead atoms. The second-order valence-electron chi connectivity index (χ2n) is 6.47. The highest BCUT2D eigenvalue weighted by molar-refractivity contribution is 14.0. The van der Waals surface area contributed by atoms with Gasteiger partial charge in [-0.1, -0.05) is 12.1 Å². The molecule has 1 aliphatic rings. The van der Waals surface area contributed by atoms with Crippen LogP contribution in [0.15, 0.2) is 29.3 Å². The first-order valence-electron chi connectivity index (χ1n) is 9.58. The number of carbonyl (C=O) groups is 2. The molecule has 2 rings (SSSR count). The molecule has 1 saturated heterocycles. The number of amides is 1. The summed E-state index contributed by atoms with van der Waals surface area (Å²) < 4.78 is 5.12. The molecule has 0 aromatic heterocycles. The van der Waals surface area contributed by atoms with E-state index in [4.69, 9.17) is 4.74 Å². The summed E-state index contributed by atoms with van der Waals surface area (Å²) >= 11 is 0. The second-order valence-corrected chi connectivity index (χ2v) is 6.47. The zero-order chi connectivity index (χ0) is 19.6. The van der Waals surface area contributed by atoms with Crippen molar-refractivity contribution in [3.8, 4) is 0 Å². The fourth-order valence-corrected chi connectivity index (χ4v) is 3.19. The quantitative estimate of drug-likeness (QED) is 0.270. The first-order valence-corrected chi connectivity index (χ1v) is 9.58. The number of benzene rings is 1. The Morgan fingerprint density at radius 2 is 1.93 bits per heavy atom. The molecule has 1 fully saturated rings. The number of carbonyl (C=O) groups excluding carboxylic acids is 2. The van der Waals surface area contributed by atoms with Gasteiger partial charge in [-0.05, 0) is 44.4 Å². The molecule has 1 amide bonds. The molecule has 0 spiro atoms. The highest BCUT2D eigenvalue weighted by Crippen LogP contribution is 2.19. The summed E-state index contributed by atoms with van der Waals surface area (Å²) in [4.78, 5) is 30.4. The third-order valence-electron chi connectivity index (χ3n) is 4.60. The molecular weight excluding hydrogens is 471 g/mol. The van der Waals surface area contributed by atoms with Crippen molar-refractivity contribution in [2.75, 3.05) is 33.3 Å². The lowest BCUT2D eigenvalue weighted by Crippen LogP contribution is -2.46. The van der Waals surface area contributed by atoms with E-state index in [1.165, 1.54) is 0 Å². The number of aliphatic imine (C=N–C) groups is 1. The molecule has 28 heavy (non-hydrogen) atoms. The van der Waals surface area contributed by atoms with Gasteiger partial charge in [0.25, 0.3) is 5.91 Å². The molecule has 1 aromatic carbocycles. The van der Waals surface area contributed by atoms with E-state index in [0.29, 0.717) is 25.3 Å². The molecule has 7 nitrogen and oxygen atoms in total. The van der Waals surface area contributed by atoms with Crippen LogP contribution < -0.4 is 10.6 Å². The van der Waals surface area contributed by atoms with Crippen LogP contribution in [-0.4, -0.2) is 56.0 Å². The molecule has 0 atom stereocenters. The Hall–Kier alpha value is -1.84. The smallest absolute Gasteiger partial charge is 0.309 e. The molecule has 1 aromatic rings. The number of likely N-dealkylation sites (tertiary alicyclic amines) is 1. The Kier molecular flexibility index (Phi) is 10.9. The maximum absolute atomic E-state index is 12.0. The largest absolute Gasteiger partial charge is 0.466 e. The average molecular weight is 502 g/mol. The van der Waals surface area contributed by atoms with Crippen molar-refractivity contribution in [2.45, 2.75) is 33.2 Å². The summed E-state index contributed by atoms with van der Waals surface area (Å²) in [6, 6.07) is 7.56. The Morgan fingerprint density at radius 3 is 2.54 bits per heavy atom. The number of halogens is 1. The van der Waals surface area contributed by atoms with Gasteiger partial charge in [-0.15, -0.1) is 24.0 Å². The number of piperidine rings is 1. The molecule has 0 aliphatic carbocycles. The van der Waals surface area contributed by atoms with Crippen molar-refractivity contribution >= 4 is 41.8 Å². The summed E-state index contributed by atoms with van der Waals surface area (Å²) in [5.74, 6) is 0.626. The summed E-state index contributed by atoms with van der Waals surface area (Å²) in [6.45, 7) is 6.88. The van der Waals surface area contributed by atoms with Crippen LogP contribution >= 0.6 is 24.0 Å². The van der Waals surface area contributed by atoms with Gasteiger partial charge in [0.2, 0.25) is 0 Å². The van der Waals surface area contributed by atoms with Gasteiger partial charge >= 0.3 is 5.97 Å². The third kappa shape index (κ3) is 6.96. The topological polar surface area (TPSA) is 83.0 Å². The summed E-state index contributed by atoms with van der Waals surface area (Å²) in [7, 11) is 1.75. The number of nitrogens with one attached hydrogen (secondary N) is 2. The van der Waals surface area contributed by atoms with E-state index in [1.807, 2.05) is 38.1 Å². The number of nitrogens with zero attached hydrogens (tertiary/aromatic N) is 2.